The number of rotatable bonds is 6. The van der Waals surface area contributed by atoms with Crippen molar-refractivity contribution in [2.24, 2.45) is 5.92 Å². The molecule has 2 aromatic carbocycles. The van der Waals surface area contributed by atoms with E-state index in [1.54, 1.807) is 12.3 Å². The fraction of sp³-hybridized carbons (Fsp3) is 0.333. The second-order valence-electron chi connectivity index (χ2n) is 9.45. The molecule has 176 valence electrons. The standard InChI is InChI=1S/C27H29N3O4/c1-27(2,26(33)34)30-25(32)19-7-5-17(6-8-19)18-9-12-22(13-10-18)29-24(31)21-11-14-23-20(16-21)4-3-15-28-23/h3-4,9-17,19H,5-8H2,1-2H3,(H,29,31)(H,30,32)(H,33,34)/t17-,19-. The van der Waals surface area contributed by atoms with Gasteiger partial charge in [-0.15, -0.1) is 0 Å². The van der Waals surface area contributed by atoms with E-state index in [-0.39, 0.29) is 17.7 Å². The topological polar surface area (TPSA) is 108 Å². The van der Waals surface area contributed by atoms with Crippen molar-refractivity contribution in [3.63, 3.8) is 0 Å². The van der Waals surface area contributed by atoms with Crippen molar-refractivity contribution in [1.29, 1.82) is 0 Å². The summed E-state index contributed by atoms with van der Waals surface area (Å²) in [7, 11) is 0. The maximum Gasteiger partial charge on any atom is 0.328 e. The van der Waals surface area contributed by atoms with Gasteiger partial charge in [-0.3, -0.25) is 14.6 Å². The van der Waals surface area contributed by atoms with Crippen LogP contribution in [0.5, 0.6) is 0 Å². The Balaban J connectivity index is 1.32. The van der Waals surface area contributed by atoms with Crippen molar-refractivity contribution in [2.45, 2.75) is 51.0 Å². The monoisotopic (exact) mass is 459 g/mol. The third-order valence-corrected chi connectivity index (χ3v) is 6.57. The highest BCUT2D eigenvalue weighted by Crippen LogP contribution is 2.36. The number of nitrogens with zero attached hydrogens (tertiary/aromatic N) is 1. The van der Waals surface area contributed by atoms with Gasteiger partial charge in [-0.2, -0.15) is 0 Å². The lowest BCUT2D eigenvalue weighted by Crippen LogP contribution is -2.51. The maximum absolute atomic E-state index is 12.7. The SMILES string of the molecule is CC(C)(NC(=O)[C@H]1CC[C@H](c2ccc(NC(=O)c3ccc4ncccc4c3)cc2)CC1)C(=O)O. The summed E-state index contributed by atoms with van der Waals surface area (Å²) in [4.78, 5) is 40.7. The number of pyridine rings is 1. The van der Waals surface area contributed by atoms with Crippen LogP contribution in [0.15, 0.2) is 60.8 Å². The Kier molecular flexibility index (Phi) is 6.63. The van der Waals surface area contributed by atoms with Crippen molar-refractivity contribution < 1.29 is 19.5 Å². The molecule has 0 unspecified atom stereocenters. The van der Waals surface area contributed by atoms with Gasteiger partial charge < -0.3 is 15.7 Å². The van der Waals surface area contributed by atoms with Gasteiger partial charge in [-0.1, -0.05) is 18.2 Å². The fourth-order valence-electron chi connectivity index (χ4n) is 4.41. The van der Waals surface area contributed by atoms with Gasteiger partial charge in [0.05, 0.1) is 5.52 Å². The number of hydrogen-bond acceptors (Lipinski definition) is 4. The summed E-state index contributed by atoms with van der Waals surface area (Å²) in [6.07, 6.45) is 4.90. The van der Waals surface area contributed by atoms with Crippen molar-refractivity contribution in [3.8, 4) is 0 Å². The van der Waals surface area contributed by atoms with E-state index in [1.165, 1.54) is 19.4 Å². The predicted molar refractivity (Wildman–Crippen MR) is 131 cm³/mol. The Bertz CT molecular complexity index is 1210. The molecule has 0 aliphatic heterocycles. The first-order valence-corrected chi connectivity index (χ1v) is 11.5. The molecule has 0 atom stereocenters. The highest BCUT2D eigenvalue weighted by atomic mass is 16.4. The zero-order valence-electron chi connectivity index (χ0n) is 19.4. The minimum atomic E-state index is -1.27. The molecule has 1 aliphatic rings. The van der Waals surface area contributed by atoms with Crippen LogP contribution >= 0.6 is 0 Å². The van der Waals surface area contributed by atoms with E-state index in [1.807, 2.05) is 48.5 Å². The van der Waals surface area contributed by atoms with Crippen molar-refractivity contribution >= 4 is 34.4 Å². The molecule has 34 heavy (non-hydrogen) atoms. The number of hydrogen-bond donors (Lipinski definition) is 3. The quantitative estimate of drug-likeness (QED) is 0.493. The Morgan fingerprint density at radius 2 is 1.68 bits per heavy atom. The van der Waals surface area contributed by atoms with E-state index in [0.29, 0.717) is 11.5 Å². The third kappa shape index (κ3) is 5.25. The molecular weight excluding hydrogens is 430 g/mol. The second kappa shape index (κ2) is 9.63. The number of carboxylic acids is 1. The Morgan fingerprint density at radius 3 is 2.35 bits per heavy atom. The van der Waals surface area contributed by atoms with Crippen molar-refractivity contribution in [1.82, 2.24) is 10.3 Å². The molecule has 1 aliphatic carbocycles. The zero-order valence-corrected chi connectivity index (χ0v) is 19.4. The summed E-state index contributed by atoms with van der Waals surface area (Å²) in [5.41, 5.74) is 2.06. The van der Waals surface area contributed by atoms with Gasteiger partial charge in [-0.05, 0) is 87.4 Å². The van der Waals surface area contributed by atoms with Crippen LogP contribution < -0.4 is 10.6 Å². The summed E-state index contributed by atoms with van der Waals surface area (Å²) in [5, 5.41) is 15.7. The minimum Gasteiger partial charge on any atom is -0.480 e. The van der Waals surface area contributed by atoms with Crippen molar-refractivity contribution in [3.05, 3.63) is 71.9 Å². The molecule has 3 N–H and O–H groups in total. The van der Waals surface area contributed by atoms with Crippen LogP contribution in [-0.2, 0) is 9.59 Å². The first-order valence-electron chi connectivity index (χ1n) is 11.5. The molecule has 0 spiro atoms. The number of anilines is 1. The van der Waals surface area contributed by atoms with Gasteiger partial charge >= 0.3 is 5.97 Å². The smallest absolute Gasteiger partial charge is 0.328 e. The molecule has 2 amide bonds. The number of carboxylic acid groups (broad SMARTS) is 1. The van der Waals surface area contributed by atoms with Gasteiger partial charge in [0.1, 0.15) is 5.54 Å². The average molecular weight is 460 g/mol. The molecule has 3 aromatic rings. The average Bonchev–Trinajstić information content (AvgIpc) is 2.84. The number of fused-ring (bicyclic) bond motifs is 1. The van der Waals surface area contributed by atoms with Gasteiger partial charge in [-0.25, -0.2) is 4.79 Å². The predicted octanol–water partition coefficient (Wildman–Crippen LogP) is 4.74. The largest absolute Gasteiger partial charge is 0.480 e. The molecule has 1 fully saturated rings. The summed E-state index contributed by atoms with van der Waals surface area (Å²) in [5.74, 6) is -1.22. The van der Waals surface area contributed by atoms with Crippen LogP contribution in [0, 0.1) is 5.92 Å². The summed E-state index contributed by atoms with van der Waals surface area (Å²) in [6, 6.07) is 17.1. The molecule has 4 rings (SSSR count). The van der Waals surface area contributed by atoms with Crippen LogP contribution in [-0.4, -0.2) is 33.4 Å². The first-order chi connectivity index (χ1) is 16.2. The molecule has 0 radical (unpaired) electrons. The number of carbonyl (C=O) groups excluding carboxylic acids is 2. The molecule has 1 heterocycles. The van der Waals surface area contributed by atoms with E-state index in [2.05, 4.69) is 15.6 Å². The zero-order chi connectivity index (χ0) is 24.3. The lowest BCUT2D eigenvalue weighted by atomic mass is 9.78. The van der Waals surface area contributed by atoms with Crippen LogP contribution in [0.1, 0.15) is 61.4 Å². The highest BCUT2D eigenvalue weighted by molar-refractivity contribution is 6.06. The van der Waals surface area contributed by atoms with Gasteiger partial charge in [0.2, 0.25) is 5.91 Å². The van der Waals surface area contributed by atoms with Crippen LogP contribution in [0.25, 0.3) is 10.9 Å². The third-order valence-electron chi connectivity index (χ3n) is 6.57. The molecular formula is C27H29N3O4. The van der Waals surface area contributed by atoms with Crippen LogP contribution in [0.4, 0.5) is 5.69 Å². The van der Waals surface area contributed by atoms with Gasteiger partial charge in [0.25, 0.3) is 5.91 Å². The maximum atomic E-state index is 12.7. The molecule has 0 bridgehead atoms. The number of aromatic nitrogens is 1. The van der Waals surface area contributed by atoms with E-state index in [9.17, 15) is 19.5 Å². The van der Waals surface area contributed by atoms with E-state index in [4.69, 9.17) is 0 Å². The van der Waals surface area contributed by atoms with E-state index >= 15 is 0 Å². The Morgan fingerprint density at radius 1 is 0.971 bits per heavy atom. The summed E-state index contributed by atoms with van der Waals surface area (Å²) >= 11 is 0. The number of benzene rings is 2. The minimum absolute atomic E-state index is 0.161. The van der Waals surface area contributed by atoms with E-state index < -0.39 is 11.5 Å². The van der Waals surface area contributed by atoms with Crippen LogP contribution in [0.3, 0.4) is 0 Å². The number of amides is 2. The molecule has 7 heteroatoms. The molecule has 1 saturated carbocycles. The van der Waals surface area contributed by atoms with Crippen LogP contribution in [0.2, 0.25) is 0 Å². The second-order valence-corrected chi connectivity index (χ2v) is 9.45. The Hall–Kier alpha value is -3.74. The van der Waals surface area contributed by atoms with Gasteiger partial charge in [0.15, 0.2) is 0 Å². The molecule has 0 saturated heterocycles. The molecule has 7 nitrogen and oxygen atoms in total. The molecule has 1 aromatic heterocycles. The van der Waals surface area contributed by atoms with Crippen molar-refractivity contribution in [2.75, 3.05) is 5.32 Å². The highest BCUT2D eigenvalue weighted by Gasteiger charge is 2.33. The first kappa shape index (κ1) is 23.4. The van der Waals surface area contributed by atoms with E-state index in [0.717, 1.165) is 42.3 Å². The lowest BCUT2D eigenvalue weighted by Gasteiger charge is -2.30. The normalized spacial score (nSPS) is 18.3. The van der Waals surface area contributed by atoms with Gasteiger partial charge in [0, 0.05) is 28.8 Å². The number of aliphatic carboxylic acids is 1. The number of nitrogens with one attached hydrogen (secondary N) is 2. The Labute approximate surface area is 198 Å². The summed E-state index contributed by atoms with van der Waals surface area (Å²) in [6.45, 7) is 2.99. The summed E-state index contributed by atoms with van der Waals surface area (Å²) < 4.78 is 0. The number of carbonyl (C=O) groups is 3. The lowest BCUT2D eigenvalue weighted by molar-refractivity contribution is -0.146. The fourth-order valence-corrected chi connectivity index (χ4v) is 4.41.